The van der Waals surface area contributed by atoms with Gasteiger partial charge in [0.1, 0.15) is 11.5 Å². The van der Waals surface area contributed by atoms with E-state index >= 15 is 0 Å². The van der Waals surface area contributed by atoms with Gasteiger partial charge in [0.25, 0.3) is 5.56 Å². The number of nitrogens with zero attached hydrogens (tertiary/aromatic N) is 2. The number of carbonyl (C=O) groups excluding carboxylic acids is 1. The molecule has 1 saturated heterocycles. The first-order valence-electron chi connectivity index (χ1n) is 11.7. The van der Waals surface area contributed by atoms with Gasteiger partial charge in [-0.1, -0.05) is 24.6 Å². The van der Waals surface area contributed by atoms with Gasteiger partial charge in [-0.25, -0.2) is 0 Å². The van der Waals surface area contributed by atoms with Gasteiger partial charge in [-0.3, -0.25) is 9.59 Å². The monoisotopic (exact) mass is 448 g/mol. The number of likely N-dealkylation sites (tertiary alicyclic amines) is 1. The Hall–Kier alpha value is -3.16. The molecule has 2 heterocycles. The van der Waals surface area contributed by atoms with Crippen molar-refractivity contribution >= 4 is 16.8 Å². The van der Waals surface area contributed by atoms with E-state index in [0.29, 0.717) is 17.9 Å². The van der Waals surface area contributed by atoms with E-state index in [0.717, 1.165) is 36.3 Å². The maximum Gasteiger partial charge on any atom is 0.255 e. The third kappa shape index (κ3) is 5.80. The van der Waals surface area contributed by atoms with Gasteiger partial charge >= 0.3 is 0 Å². The Labute approximate surface area is 194 Å². The number of para-hydroxylation sites is 1. The Kier molecular flexibility index (Phi) is 7.42. The summed E-state index contributed by atoms with van der Waals surface area (Å²) in [4.78, 5) is 27.3. The predicted octanol–water partition coefficient (Wildman–Crippen LogP) is 3.24. The highest BCUT2D eigenvalue weighted by atomic mass is 16.5. The van der Waals surface area contributed by atoms with Crippen LogP contribution in [-0.2, 0) is 17.9 Å². The molecule has 0 unspecified atom stereocenters. The fourth-order valence-electron chi connectivity index (χ4n) is 4.24. The van der Waals surface area contributed by atoms with E-state index < -0.39 is 11.9 Å². The quantitative estimate of drug-likeness (QED) is 0.525. The van der Waals surface area contributed by atoms with Crippen molar-refractivity contribution in [2.45, 2.75) is 45.3 Å². The zero-order chi connectivity index (χ0) is 23.2. The van der Waals surface area contributed by atoms with Gasteiger partial charge in [0.15, 0.2) is 0 Å². The summed E-state index contributed by atoms with van der Waals surface area (Å²) in [6, 6.07) is 16.8. The minimum atomic E-state index is -0.511. The molecule has 3 N–H and O–H groups in total. The first-order chi connectivity index (χ1) is 16.0. The van der Waals surface area contributed by atoms with Crippen LogP contribution in [0.25, 0.3) is 10.9 Å². The molecule has 4 rings (SSSR count). The number of hydrogen-bond donors (Lipinski definition) is 2. The van der Waals surface area contributed by atoms with Crippen molar-refractivity contribution < 1.29 is 9.53 Å². The molecule has 174 valence electrons. The molecule has 0 aliphatic carbocycles. The molecule has 1 aromatic heterocycles. The second-order valence-corrected chi connectivity index (χ2v) is 8.67. The Morgan fingerprint density at radius 1 is 1.03 bits per heavy atom. The third-order valence-corrected chi connectivity index (χ3v) is 6.24. The van der Waals surface area contributed by atoms with Crippen molar-refractivity contribution in [1.82, 2.24) is 14.8 Å². The zero-order valence-corrected chi connectivity index (χ0v) is 19.1. The van der Waals surface area contributed by atoms with E-state index in [-0.39, 0.29) is 12.1 Å². The normalized spacial score (nSPS) is 15.4. The third-order valence-electron chi connectivity index (χ3n) is 6.24. The lowest BCUT2D eigenvalue weighted by Crippen LogP contribution is -2.40. The highest BCUT2D eigenvalue weighted by Gasteiger charge is 2.15. The lowest BCUT2D eigenvalue weighted by Gasteiger charge is -2.27. The zero-order valence-electron chi connectivity index (χ0n) is 19.1. The molecule has 33 heavy (non-hydrogen) atoms. The molecule has 1 atom stereocenters. The summed E-state index contributed by atoms with van der Waals surface area (Å²) >= 11 is 0. The minimum absolute atomic E-state index is 0.0551. The molecular formula is C26H32N4O3. The van der Waals surface area contributed by atoms with Gasteiger partial charge in [-0.05, 0) is 68.6 Å². The van der Waals surface area contributed by atoms with Crippen molar-refractivity contribution in [3.05, 3.63) is 70.5 Å². The molecule has 7 nitrogen and oxygen atoms in total. The Balaban J connectivity index is 1.66. The standard InChI is InChI=1S/C26H32N4O3/c1-19(25(27)31)28-18-21-16-20-10-11-23(33-22-8-4-2-5-9-22)17-24(20)30(26(21)32)15-14-29-12-6-3-7-13-29/h2,4-5,8-11,16-17,19,28H,3,6-7,12-15,18H2,1H3,(H2,27,31)/t19-/m0/s1. The van der Waals surface area contributed by atoms with Crippen LogP contribution in [0.15, 0.2) is 59.4 Å². The summed E-state index contributed by atoms with van der Waals surface area (Å²) in [6.45, 7) is 5.56. The van der Waals surface area contributed by atoms with Crippen LogP contribution in [-0.4, -0.2) is 41.1 Å². The fraction of sp³-hybridized carbons (Fsp3) is 0.385. The molecule has 0 bridgehead atoms. The molecule has 7 heteroatoms. The second-order valence-electron chi connectivity index (χ2n) is 8.67. The number of hydrogen-bond acceptors (Lipinski definition) is 5. The Morgan fingerprint density at radius 3 is 2.52 bits per heavy atom. The van der Waals surface area contributed by atoms with Gasteiger partial charge in [0.05, 0.1) is 11.6 Å². The smallest absolute Gasteiger partial charge is 0.255 e. The summed E-state index contributed by atoms with van der Waals surface area (Å²) in [5.74, 6) is 0.997. The number of ether oxygens (including phenoxy) is 1. The number of rotatable bonds is 9. The maximum absolute atomic E-state index is 13.5. The molecule has 1 fully saturated rings. The van der Waals surface area contributed by atoms with Crippen LogP contribution in [0.1, 0.15) is 31.7 Å². The summed E-state index contributed by atoms with van der Waals surface area (Å²) in [6.07, 6.45) is 3.69. The van der Waals surface area contributed by atoms with E-state index in [1.807, 2.05) is 59.2 Å². The summed E-state index contributed by atoms with van der Waals surface area (Å²) in [5.41, 5.74) is 6.77. The topological polar surface area (TPSA) is 89.6 Å². The van der Waals surface area contributed by atoms with Crippen LogP contribution in [0.2, 0.25) is 0 Å². The first-order valence-corrected chi connectivity index (χ1v) is 11.7. The predicted molar refractivity (Wildman–Crippen MR) is 131 cm³/mol. The number of pyridine rings is 1. The molecular weight excluding hydrogens is 416 g/mol. The number of carbonyl (C=O) groups is 1. The molecule has 1 aliphatic rings. The average molecular weight is 449 g/mol. The molecule has 1 aliphatic heterocycles. The van der Waals surface area contributed by atoms with Crippen LogP contribution in [0.3, 0.4) is 0 Å². The second kappa shape index (κ2) is 10.6. The van der Waals surface area contributed by atoms with Gasteiger partial charge in [0.2, 0.25) is 5.91 Å². The lowest BCUT2D eigenvalue weighted by atomic mass is 10.1. The Bertz CT molecular complexity index is 1150. The van der Waals surface area contributed by atoms with Crippen molar-refractivity contribution in [2.75, 3.05) is 19.6 Å². The van der Waals surface area contributed by atoms with Crippen molar-refractivity contribution in [1.29, 1.82) is 0 Å². The highest BCUT2D eigenvalue weighted by molar-refractivity contribution is 5.81. The van der Waals surface area contributed by atoms with Gasteiger partial charge in [-0.15, -0.1) is 0 Å². The van der Waals surface area contributed by atoms with Crippen molar-refractivity contribution in [2.24, 2.45) is 5.73 Å². The lowest BCUT2D eigenvalue weighted by molar-refractivity contribution is -0.119. The largest absolute Gasteiger partial charge is 0.457 e. The summed E-state index contributed by atoms with van der Waals surface area (Å²) in [7, 11) is 0. The first kappa shape index (κ1) is 23.0. The van der Waals surface area contributed by atoms with Crippen LogP contribution in [0.5, 0.6) is 11.5 Å². The number of nitrogens with two attached hydrogens (primary N) is 1. The Morgan fingerprint density at radius 2 is 1.79 bits per heavy atom. The molecule has 0 radical (unpaired) electrons. The number of fused-ring (bicyclic) bond motifs is 1. The molecule has 2 aromatic carbocycles. The SMILES string of the molecule is C[C@H](NCc1cc2ccc(Oc3ccccc3)cc2n(CCN2CCCCC2)c1=O)C(N)=O. The number of amides is 1. The van der Waals surface area contributed by atoms with Crippen LogP contribution < -0.4 is 21.3 Å². The van der Waals surface area contributed by atoms with E-state index in [2.05, 4.69) is 10.2 Å². The number of nitrogens with one attached hydrogen (secondary N) is 1. The average Bonchev–Trinajstić information content (AvgIpc) is 2.83. The van der Waals surface area contributed by atoms with E-state index in [1.54, 1.807) is 6.92 Å². The molecule has 3 aromatic rings. The molecule has 1 amide bonds. The summed E-state index contributed by atoms with van der Waals surface area (Å²) in [5, 5.41) is 4.01. The van der Waals surface area contributed by atoms with E-state index in [1.165, 1.54) is 19.3 Å². The van der Waals surface area contributed by atoms with E-state index in [4.69, 9.17) is 10.5 Å². The fourth-order valence-corrected chi connectivity index (χ4v) is 4.24. The van der Waals surface area contributed by atoms with Crippen LogP contribution >= 0.6 is 0 Å². The van der Waals surface area contributed by atoms with Crippen molar-refractivity contribution in [3.8, 4) is 11.5 Å². The van der Waals surface area contributed by atoms with Gasteiger partial charge < -0.3 is 25.3 Å². The highest BCUT2D eigenvalue weighted by Crippen LogP contribution is 2.25. The number of primary amides is 1. The molecule has 0 saturated carbocycles. The number of piperidine rings is 1. The number of aromatic nitrogens is 1. The van der Waals surface area contributed by atoms with E-state index in [9.17, 15) is 9.59 Å². The van der Waals surface area contributed by atoms with Gasteiger partial charge in [0, 0.05) is 31.3 Å². The summed E-state index contributed by atoms with van der Waals surface area (Å²) < 4.78 is 7.86. The minimum Gasteiger partial charge on any atom is -0.457 e. The maximum atomic E-state index is 13.5. The van der Waals surface area contributed by atoms with Crippen LogP contribution in [0, 0.1) is 0 Å². The number of benzene rings is 2. The van der Waals surface area contributed by atoms with Crippen molar-refractivity contribution in [3.63, 3.8) is 0 Å². The molecule has 0 spiro atoms. The van der Waals surface area contributed by atoms with Crippen LogP contribution in [0.4, 0.5) is 0 Å². The van der Waals surface area contributed by atoms with Gasteiger partial charge in [-0.2, -0.15) is 0 Å².